The van der Waals surface area contributed by atoms with Gasteiger partial charge >= 0.3 is 0 Å². The summed E-state index contributed by atoms with van der Waals surface area (Å²) in [5, 5.41) is 3.87. The molecule has 0 fully saturated rings. The van der Waals surface area contributed by atoms with Crippen LogP contribution in [0.25, 0.3) is 0 Å². The molecule has 0 bridgehead atoms. The number of halogens is 4. The second kappa shape index (κ2) is 6.35. The van der Waals surface area contributed by atoms with Crippen LogP contribution in [0.1, 0.15) is 17.2 Å². The normalized spacial score (nSPS) is 12.5. The van der Waals surface area contributed by atoms with Gasteiger partial charge in [-0.25, -0.2) is 4.39 Å². The van der Waals surface area contributed by atoms with Gasteiger partial charge in [0, 0.05) is 9.50 Å². The fourth-order valence-electron chi connectivity index (χ4n) is 1.93. The molecule has 0 aliphatic heterocycles. The second-order valence-corrected chi connectivity index (χ2v) is 6.24. The molecule has 0 saturated carbocycles. The van der Waals surface area contributed by atoms with Crippen molar-refractivity contribution >= 4 is 43.5 Å². The lowest BCUT2D eigenvalue weighted by atomic mass is 9.99. The Kier molecular flexibility index (Phi) is 5.01. The second-order valence-electron chi connectivity index (χ2n) is 4.06. The predicted molar refractivity (Wildman–Crippen MR) is 84.2 cm³/mol. The maximum atomic E-state index is 13.3. The van der Waals surface area contributed by atoms with Crippen LogP contribution in [-0.4, -0.2) is 7.05 Å². The van der Waals surface area contributed by atoms with Crippen LogP contribution >= 0.6 is 43.5 Å². The highest BCUT2D eigenvalue weighted by Crippen LogP contribution is 2.32. The summed E-state index contributed by atoms with van der Waals surface area (Å²) < 4.78 is 14.7. The molecular formula is C14H11Br2ClFN. The van der Waals surface area contributed by atoms with Crippen LogP contribution < -0.4 is 5.32 Å². The zero-order valence-corrected chi connectivity index (χ0v) is 14.0. The van der Waals surface area contributed by atoms with E-state index in [0.29, 0.717) is 9.50 Å². The number of hydrogen-bond donors (Lipinski definition) is 1. The Hall–Kier alpha value is -0.420. The van der Waals surface area contributed by atoms with Gasteiger partial charge in [0.2, 0.25) is 0 Å². The average Bonchev–Trinajstić information content (AvgIpc) is 2.38. The molecule has 0 spiro atoms. The molecule has 0 heterocycles. The monoisotopic (exact) mass is 405 g/mol. The Morgan fingerprint density at radius 2 is 1.89 bits per heavy atom. The van der Waals surface area contributed by atoms with Crippen molar-refractivity contribution in [3.8, 4) is 0 Å². The molecule has 2 aromatic rings. The molecule has 1 N–H and O–H groups in total. The van der Waals surface area contributed by atoms with Gasteiger partial charge in [-0.05, 0) is 64.4 Å². The summed E-state index contributed by atoms with van der Waals surface area (Å²) in [5.41, 5.74) is 1.88. The van der Waals surface area contributed by atoms with E-state index >= 15 is 0 Å². The summed E-state index contributed by atoms with van der Waals surface area (Å²) in [4.78, 5) is 0. The maximum absolute atomic E-state index is 13.3. The van der Waals surface area contributed by atoms with Gasteiger partial charge in [-0.1, -0.05) is 33.6 Å². The van der Waals surface area contributed by atoms with E-state index in [1.54, 1.807) is 12.1 Å². The van der Waals surface area contributed by atoms with Gasteiger partial charge in [-0.3, -0.25) is 0 Å². The number of nitrogens with one attached hydrogen (secondary N) is 1. The largest absolute Gasteiger partial charge is 0.309 e. The van der Waals surface area contributed by atoms with Crippen molar-refractivity contribution in [1.29, 1.82) is 0 Å². The molecule has 100 valence electrons. The summed E-state index contributed by atoms with van der Waals surface area (Å²) >= 11 is 12.9. The summed E-state index contributed by atoms with van der Waals surface area (Å²) in [6, 6.07) is 10.5. The highest BCUT2D eigenvalue weighted by Gasteiger charge is 2.16. The molecule has 2 aromatic carbocycles. The molecule has 1 unspecified atom stereocenters. The van der Waals surface area contributed by atoms with Crippen LogP contribution in [0.5, 0.6) is 0 Å². The molecule has 2 rings (SSSR count). The number of rotatable bonds is 3. The number of hydrogen-bond acceptors (Lipinski definition) is 1. The molecule has 0 saturated heterocycles. The molecule has 0 aliphatic carbocycles. The average molecular weight is 408 g/mol. The smallest absolute Gasteiger partial charge is 0.137 e. The van der Waals surface area contributed by atoms with Crippen molar-refractivity contribution in [3.05, 3.63) is 67.3 Å². The van der Waals surface area contributed by atoms with Crippen molar-refractivity contribution in [2.75, 3.05) is 7.05 Å². The lowest BCUT2D eigenvalue weighted by Crippen LogP contribution is -2.18. The van der Waals surface area contributed by atoms with E-state index in [4.69, 9.17) is 11.6 Å². The van der Waals surface area contributed by atoms with Crippen molar-refractivity contribution < 1.29 is 4.39 Å². The van der Waals surface area contributed by atoms with Crippen molar-refractivity contribution in [2.45, 2.75) is 6.04 Å². The van der Waals surface area contributed by atoms with Gasteiger partial charge in [-0.15, -0.1) is 0 Å². The van der Waals surface area contributed by atoms with E-state index in [1.807, 2.05) is 25.2 Å². The zero-order valence-electron chi connectivity index (χ0n) is 10.1. The fraction of sp³-hybridized carbons (Fsp3) is 0.143. The van der Waals surface area contributed by atoms with Gasteiger partial charge in [0.25, 0.3) is 0 Å². The predicted octanol–water partition coefficient (Wildman–Crippen LogP) is 5.31. The zero-order chi connectivity index (χ0) is 14.0. The van der Waals surface area contributed by atoms with E-state index in [9.17, 15) is 4.39 Å². The first-order chi connectivity index (χ1) is 9.02. The third kappa shape index (κ3) is 3.37. The van der Waals surface area contributed by atoms with E-state index in [2.05, 4.69) is 37.2 Å². The molecular weight excluding hydrogens is 396 g/mol. The summed E-state index contributed by atoms with van der Waals surface area (Å²) in [5.74, 6) is -0.279. The van der Waals surface area contributed by atoms with Crippen molar-refractivity contribution in [1.82, 2.24) is 5.32 Å². The first kappa shape index (κ1) is 15.0. The molecule has 0 amide bonds. The minimum atomic E-state index is -0.279. The minimum absolute atomic E-state index is 0.0955. The Balaban J connectivity index is 2.49. The number of benzene rings is 2. The van der Waals surface area contributed by atoms with E-state index in [1.165, 1.54) is 6.07 Å². The van der Waals surface area contributed by atoms with Crippen LogP contribution in [0.3, 0.4) is 0 Å². The van der Waals surface area contributed by atoms with Crippen molar-refractivity contribution in [2.24, 2.45) is 0 Å². The van der Waals surface area contributed by atoms with Crippen LogP contribution in [0.4, 0.5) is 4.39 Å². The topological polar surface area (TPSA) is 12.0 Å². The quantitative estimate of drug-likeness (QED) is 0.727. The third-order valence-electron chi connectivity index (χ3n) is 2.83. The van der Waals surface area contributed by atoms with Crippen molar-refractivity contribution in [3.63, 3.8) is 0 Å². The minimum Gasteiger partial charge on any atom is -0.309 e. The van der Waals surface area contributed by atoms with Crippen LogP contribution in [0, 0.1) is 5.82 Å². The molecule has 19 heavy (non-hydrogen) atoms. The lowest BCUT2D eigenvalue weighted by Gasteiger charge is -2.19. The highest BCUT2D eigenvalue weighted by atomic mass is 79.9. The van der Waals surface area contributed by atoms with Gasteiger partial charge in [-0.2, -0.15) is 0 Å². The van der Waals surface area contributed by atoms with E-state index in [-0.39, 0.29) is 11.9 Å². The molecule has 1 nitrogen and oxygen atoms in total. The molecule has 0 aliphatic rings. The maximum Gasteiger partial charge on any atom is 0.137 e. The molecule has 1 atom stereocenters. The van der Waals surface area contributed by atoms with E-state index < -0.39 is 0 Å². The Morgan fingerprint density at radius 3 is 2.53 bits per heavy atom. The lowest BCUT2D eigenvalue weighted by molar-refractivity contribution is 0.616. The van der Waals surface area contributed by atoms with Gasteiger partial charge < -0.3 is 5.32 Å². The SMILES string of the molecule is CNC(c1ccc(F)c(Br)c1)c1cc(Br)ccc1Cl. The Bertz CT molecular complexity index is 604. The van der Waals surface area contributed by atoms with Gasteiger partial charge in [0.05, 0.1) is 10.5 Å². The van der Waals surface area contributed by atoms with Gasteiger partial charge in [0.1, 0.15) is 5.82 Å². The van der Waals surface area contributed by atoms with E-state index in [0.717, 1.165) is 15.6 Å². The summed E-state index contributed by atoms with van der Waals surface area (Å²) in [6.45, 7) is 0. The highest BCUT2D eigenvalue weighted by molar-refractivity contribution is 9.10. The van der Waals surface area contributed by atoms with Gasteiger partial charge in [0.15, 0.2) is 0 Å². The summed E-state index contributed by atoms with van der Waals surface area (Å²) in [7, 11) is 1.85. The Morgan fingerprint density at radius 1 is 1.16 bits per heavy atom. The van der Waals surface area contributed by atoms with Crippen LogP contribution in [-0.2, 0) is 0 Å². The first-order valence-electron chi connectivity index (χ1n) is 5.60. The third-order valence-corrected chi connectivity index (χ3v) is 4.28. The Labute approximate surface area is 133 Å². The molecule has 0 radical (unpaired) electrons. The first-order valence-corrected chi connectivity index (χ1v) is 7.56. The molecule has 5 heteroatoms. The fourth-order valence-corrected chi connectivity index (χ4v) is 2.93. The standard InChI is InChI=1S/C14H11Br2ClFN/c1-19-14(8-2-5-13(18)11(16)6-8)10-7-9(15)3-4-12(10)17/h2-7,14,19H,1H3. The molecule has 0 aromatic heterocycles. The summed E-state index contributed by atoms with van der Waals surface area (Å²) in [6.07, 6.45) is 0. The van der Waals surface area contributed by atoms with Crippen LogP contribution in [0.15, 0.2) is 45.3 Å². The van der Waals surface area contributed by atoms with Crippen LogP contribution in [0.2, 0.25) is 5.02 Å².